The van der Waals surface area contributed by atoms with Gasteiger partial charge in [0.2, 0.25) is 10.0 Å². The number of hydrogen-bond acceptors (Lipinski definition) is 4. The Morgan fingerprint density at radius 3 is 2.48 bits per heavy atom. The molecule has 0 fully saturated rings. The van der Waals surface area contributed by atoms with E-state index in [1.807, 2.05) is 12.1 Å². The molecule has 29 heavy (non-hydrogen) atoms. The molecule has 1 heterocycles. The topological polar surface area (TPSA) is 59.1 Å². The van der Waals surface area contributed by atoms with Gasteiger partial charge >= 0.3 is 0 Å². The van der Waals surface area contributed by atoms with E-state index in [1.54, 1.807) is 48.5 Å². The van der Waals surface area contributed by atoms with Crippen molar-refractivity contribution >= 4 is 72.1 Å². The fourth-order valence-corrected chi connectivity index (χ4v) is 5.91. The number of anilines is 1. The van der Waals surface area contributed by atoms with Gasteiger partial charge < -0.3 is 0 Å². The van der Waals surface area contributed by atoms with Gasteiger partial charge in [0.1, 0.15) is 5.01 Å². The smallest absolute Gasteiger partial charge is 0.236 e. The summed E-state index contributed by atoms with van der Waals surface area (Å²) in [5, 5.41) is 2.18. The number of halogens is 3. The minimum atomic E-state index is -3.65. The molecule has 0 amide bonds. The molecule has 0 aliphatic heterocycles. The molecule has 1 N–H and O–H groups in total. The molecule has 4 nitrogen and oxygen atoms in total. The quantitative estimate of drug-likeness (QED) is 0.337. The molecule has 0 atom stereocenters. The first-order chi connectivity index (χ1) is 13.8. The van der Waals surface area contributed by atoms with Crippen LogP contribution in [-0.2, 0) is 15.8 Å². The fourth-order valence-electron chi connectivity index (χ4n) is 2.80. The summed E-state index contributed by atoms with van der Waals surface area (Å²) < 4.78 is 28.5. The molecule has 0 aliphatic rings. The Morgan fingerprint density at radius 2 is 1.72 bits per heavy atom. The minimum Gasteiger partial charge on any atom is -0.283 e. The van der Waals surface area contributed by atoms with Gasteiger partial charge in [-0.1, -0.05) is 53.0 Å². The molecule has 1 aromatic heterocycles. The van der Waals surface area contributed by atoms with Crippen LogP contribution in [0.2, 0.25) is 15.1 Å². The van der Waals surface area contributed by atoms with Gasteiger partial charge in [0, 0.05) is 15.6 Å². The Labute approximate surface area is 187 Å². The van der Waals surface area contributed by atoms with Crippen LogP contribution in [0.25, 0.3) is 20.8 Å². The van der Waals surface area contributed by atoms with Crippen molar-refractivity contribution in [3.63, 3.8) is 0 Å². The predicted octanol–water partition coefficient (Wildman–Crippen LogP) is 6.87. The fraction of sp³-hybridized carbons (Fsp3) is 0.0500. The predicted molar refractivity (Wildman–Crippen MR) is 123 cm³/mol. The highest BCUT2D eigenvalue weighted by Gasteiger charge is 2.16. The van der Waals surface area contributed by atoms with Crippen LogP contribution in [0.5, 0.6) is 0 Å². The maximum atomic E-state index is 12.5. The summed E-state index contributed by atoms with van der Waals surface area (Å²) in [7, 11) is -3.65. The lowest BCUT2D eigenvalue weighted by Crippen LogP contribution is -2.15. The minimum absolute atomic E-state index is 0.231. The van der Waals surface area contributed by atoms with Crippen LogP contribution in [0.1, 0.15) is 5.56 Å². The van der Waals surface area contributed by atoms with E-state index in [9.17, 15) is 8.42 Å². The van der Waals surface area contributed by atoms with E-state index < -0.39 is 10.0 Å². The van der Waals surface area contributed by atoms with E-state index in [0.29, 0.717) is 26.3 Å². The third-order valence-electron chi connectivity index (χ3n) is 4.13. The number of nitrogens with one attached hydrogen (secondary N) is 1. The average Bonchev–Trinajstić information content (AvgIpc) is 3.06. The maximum Gasteiger partial charge on any atom is 0.236 e. The molecule has 3 aromatic carbocycles. The summed E-state index contributed by atoms with van der Waals surface area (Å²) in [6, 6.07) is 17.3. The molecular formula is C20H13Cl3N2O2S2. The normalized spacial score (nSPS) is 11.7. The summed E-state index contributed by atoms with van der Waals surface area (Å²) >= 11 is 20.0. The first-order valence-electron chi connectivity index (χ1n) is 8.41. The van der Waals surface area contributed by atoms with Gasteiger partial charge in [-0.2, -0.15) is 0 Å². The molecule has 9 heteroatoms. The van der Waals surface area contributed by atoms with Gasteiger partial charge in [-0.05, 0) is 48.0 Å². The van der Waals surface area contributed by atoms with Gasteiger partial charge in [0.05, 0.1) is 26.7 Å². The van der Waals surface area contributed by atoms with E-state index in [1.165, 1.54) is 11.3 Å². The number of fused-ring (bicyclic) bond motifs is 1. The Bertz CT molecular complexity index is 1320. The average molecular weight is 484 g/mol. The molecule has 0 aliphatic carbocycles. The van der Waals surface area contributed by atoms with Crippen molar-refractivity contribution in [2.24, 2.45) is 0 Å². The van der Waals surface area contributed by atoms with Crippen molar-refractivity contribution in [3.8, 4) is 10.6 Å². The third-order valence-corrected chi connectivity index (χ3v) is 7.33. The zero-order valence-corrected chi connectivity index (χ0v) is 18.6. The van der Waals surface area contributed by atoms with Crippen LogP contribution < -0.4 is 4.72 Å². The Hall–Kier alpha value is -1.83. The van der Waals surface area contributed by atoms with Crippen molar-refractivity contribution in [1.29, 1.82) is 0 Å². The van der Waals surface area contributed by atoms with Gasteiger partial charge in [0.15, 0.2) is 0 Å². The lowest BCUT2D eigenvalue weighted by molar-refractivity contribution is 0.600. The van der Waals surface area contributed by atoms with E-state index in [0.717, 1.165) is 20.8 Å². The Balaban J connectivity index is 1.58. The second-order valence-electron chi connectivity index (χ2n) is 6.28. The first kappa shape index (κ1) is 20.4. The molecule has 0 spiro atoms. The van der Waals surface area contributed by atoms with E-state index >= 15 is 0 Å². The van der Waals surface area contributed by atoms with Gasteiger partial charge in [0.25, 0.3) is 0 Å². The van der Waals surface area contributed by atoms with Crippen LogP contribution in [0.3, 0.4) is 0 Å². The Kier molecular flexibility index (Phi) is 5.73. The number of hydrogen-bond donors (Lipinski definition) is 1. The molecule has 0 saturated carbocycles. The van der Waals surface area contributed by atoms with Crippen LogP contribution in [0.4, 0.5) is 5.69 Å². The Morgan fingerprint density at radius 1 is 0.931 bits per heavy atom. The van der Waals surface area contributed by atoms with Gasteiger partial charge in [-0.3, -0.25) is 4.72 Å². The number of benzene rings is 3. The number of aromatic nitrogens is 1. The van der Waals surface area contributed by atoms with Crippen LogP contribution in [0, 0.1) is 0 Å². The monoisotopic (exact) mass is 482 g/mol. The summed E-state index contributed by atoms with van der Waals surface area (Å²) in [4.78, 5) is 4.58. The molecule has 0 saturated heterocycles. The van der Waals surface area contributed by atoms with E-state index in [4.69, 9.17) is 34.8 Å². The van der Waals surface area contributed by atoms with Gasteiger partial charge in [-0.25, -0.2) is 13.4 Å². The SMILES string of the molecule is O=S(=O)(Cc1ccccc1Cl)Nc1ccc(-c2nc3ccc(Cl)cc3s2)c(Cl)c1. The van der Waals surface area contributed by atoms with Crippen LogP contribution in [0.15, 0.2) is 60.7 Å². The number of nitrogens with zero attached hydrogens (tertiary/aromatic N) is 1. The molecule has 0 unspecified atom stereocenters. The number of sulfonamides is 1. The summed E-state index contributed by atoms with van der Waals surface area (Å²) in [6.07, 6.45) is 0. The van der Waals surface area contributed by atoms with Crippen LogP contribution >= 0.6 is 46.1 Å². The van der Waals surface area contributed by atoms with Crippen molar-refractivity contribution in [1.82, 2.24) is 4.98 Å². The lowest BCUT2D eigenvalue weighted by atomic mass is 10.2. The van der Waals surface area contributed by atoms with Crippen molar-refractivity contribution in [2.75, 3.05) is 4.72 Å². The zero-order valence-electron chi connectivity index (χ0n) is 14.7. The van der Waals surface area contributed by atoms with Crippen molar-refractivity contribution in [3.05, 3.63) is 81.3 Å². The molecule has 0 bridgehead atoms. The van der Waals surface area contributed by atoms with Gasteiger partial charge in [-0.15, -0.1) is 11.3 Å². The maximum absolute atomic E-state index is 12.5. The summed E-state index contributed by atoms with van der Waals surface area (Å²) in [5.41, 5.74) is 2.44. The van der Waals surface area contributed by atoms with E-state index in [-0.39, 0.29) is 5.75 Å². The largest absolute Gasteiger partial charge is 0.283 e. The highest BCUT2D eigenvalue weighted by atomic mass is 35.5. The lowest BCUT2D eigenvalue weighted by Gasteiger charge is -2.10. The number of thiazole rings is 1. The second-order valence-corrected chi connectivity index (χ2v) is 10.3. The highest BCUT2D eigenvalue weighted by molar-refractivity contribution is 7.91. The third kappa shape index (κ3) is 4.68. The first-order valence-corrected chi connectivity index (χ1v) is 12.0. The molecule has 4 rings (SSSR count). The van der Waals surface area contributed by atoms with Crippen molar-refractivity contribution < 1.29 is 8.42 Å². The summed E-state index contributed by atoms with van der Waals surface area (Å²) in [6.45, 7) is 0. The second kappa shape index (κ2) is 8.13. The molecule has 0 radical (unpaired) electrons. The van der Waals surface area contributed by atoms with E-state index in [2.05, 4.69) is 9.71 Å². The van der Waals surface area contributed by atoms with Crippen molar-refractivity contribution in [2.45, 2.75) is 5.75 Å². The molecular weight excluding hydrogens is 471 g/mol. The molecule has 4 aromatic rings. The number of rotatable bonds is 5. The highest BCUT2D eigenvalue weighted by Crippen LogP contribution is 2.36. The molecule has 148 valence electrons. The van der Waals surface area contributed by atoms with Crippen LogP contribution in [-0.4, -0.2) is 13.4 Å². The zero-order chi connectivity index (χ0) is 20.6. The standard InChI is InChI=1S/C20H13Cl3N2O2S2/c21-13-5-8-18-19(9-13)28-20(24-18)15-7-6-14(10-17(15)23)25-29(26,27)11-12-3-1-2-4-16(12)22/h1-10,25H,11H2. The summed E-state index contributed by atoms with van der Waals surface area (Å²) in [5.74, 6) is -0.231.